The van der Waals surface area contributed by atoms with Crippen LogP contribution in [-0.4, -0.2) is 87.7 Å². The molecule has 0 aromatic heterocycles. The predicted octanol–water partition coefficient (Wildman–Crippen LogP) is -3.38. The molecule has 2 rings (SSSR count). The number of amides is 5. The Balaban J connectivity index is 2.13. The molecule has 2 saturated heterocycles. The number of rotatable bonds is 9. The SMILES string of the molecule is NC(=O)CC(N)C(=O)N1CCCC1C(=O)NC(CC(N)=O)C(=O)N1CCCC1C(=O)O. The van der Waals surface area contributed by atoms with Crippen LogP contribution in [-0.2, 0) is 28.8 Å². The van der Waals surface area contributed by atoms with E-state index in [0.29, 0.717) is 19.3 Å². The fourth-order valence-electron chi connectivity index (χ4n) is 3.98. The molecule has 0 aromatic rings. The third kappa shape index (κ3) is 5.90. The van der Waals surface area contributed by atoms with Gasteiger partial charge in [-0.15, -0.1) is 0 Å². The van der Waals surface area contributed by atoms with Crippen LogP contribution in [0.25, 0.3) is 0 Å². The molecule has 13 nitrogen and oxygen atoms in total. The Bertz CT molecular complexity index is 772. The van der Waals surface area contributed by atoms with Gasteiger partial charge in [-0.3, -0.25) is 24.0 Å². The topological polar surface area (TPSA) is 219 Å². The number of carbonyl (C=O) groups excluding carboxylic acids is 5. The van der Waals surface area contributed by atoms with E-state index in [4.69, 9.17) is 17.2 Å². The molecule has 0 aliphatic carbocycles. The summed E-state index contributed by atoms with van der Waals surface area (Å²) in [5.41, 5.74) is 16.0. The van der Waals surface area contributed by atoms with Crippen LogP contribution in [0, 0.1) is 0 Å². The molecule has 4 unspecified atom stereocenters. The van der Waals surface area contributed by atoms with Crippen LogP contribution < -0.4 is 22.5 Å². The first kappa shape index (κ1) is 24.1. The summed E-state index contributed by atoms with van der Waals surface area (Å²) >= 11 is 0. The number of nitrogens with zero attached hydrogens (tertiary/aromatic N) is 2. The van der Waals surface area contributed by atoms with E-state index in [1.807, 2.05) is 0 Å². The van der Waals surface area contributed by atoms with E-state index in [1.54, 1.807) is 0 Å². The number of carboxylic acids is 1. The third-order valence-corrected chi connectivity index (χ3v) is 5.42. The second-order valence-electron chi connectivity index (χ2n) is 7.73. The minimum absolute atomic E-state index is 0.178. The Morgan fingerprint density at radius 1 is 0.871 bits per heavy atom. The van der Waals surface area contributed by atoms with E-state index in [9.17, 15) is 33.9 Å². The lowest BCUT2D eigenvalue weighted by Crippen LogP contribution is -2.57. The summed E-state index contributed by atoms with van der Waals surface area (Å²) in [6.07, 6.45) is 0.630. The summed E-state index contributed by atoms with van der Waals surface area (Å²) in [5.74, 6) is -4.83. The summed E-state index contributed by atoms with van der Waals surface area (Å²) in [6, 6.07) is -4.56. The summed E-state index contributed by atoms with van der Waals surface area (Å²) in [4.78, 5) is 74.5. The van der Waals surface area contributed by atoms with Crippen molar-refractivity contribution in [3.63, 3.8) is 0 Å². The Hall–Kier alpha value is -3.22. The molecule has 8 N–H and O–H groups in total. The second kappa shape index (κ2) is 10.2. The zero-order valence-corrected chi connectivity index (χ0v) is 17.0. The normalized spacial score (nSPS) is 22.6. The van der Waals surface area contributed by atoms with Crippen LogP contribution in [0.2, 0.25) is 0 Å². The molecular weight excluding hydrogens is 412 g/mol. The van der Waals surface area contributed by atoms with Gasteiger partial charge in [-0.1, -0.05) is 0 Å². The van der Waals surface area contributed by atoms with Gasteiger partial charge in [0.15, 0.2) is 0 Å². The molecule has 13 heteroatoms. The van der Waals surface area contributed by atoms with E-state index < -0.39 is 66.1 Å². The molecule has 0 aromatic carbocycles. The van der Waals surface area contributed by atoms with Gasteiger partial charge < -0.3 is 37.4 Å². The van der Waals surface area contributed by atoms with Crippen LogP contribution >= 0.6 is 0 Å². The molecule has 2 heterocycles. The summed E-state index contributed by atoms with van der Waals surface area (Å²) in [5, 5.41) is 11.7. The van der Waals surface area contributed by atoms with Crippen molar-refractivity contribution in [3.8, 4) is 0 Å². The van der Waals surface area contributed by atoms with Gasteiger partial charge in [0.1, 0.15) is 18.1 Å². The molecule has 31 heavy (non-hydrogen) atoms. The van der Waals surface area contributed by atoms with Crippen LogP contribution in [0.4, 0.5) is 0 Å². The minimum atomic E-state index is -1.36. The Kier molecular flexibility index (Phi) is 7.91. The maximum Gasteiger partial charge on any atom is 0.326 e. The first-order chi connectivity index (χ1) is 14.5. The maximum atomic E-state index is 12.9. The molecule has 5 amide bonds. The van der Waals surface area contributed by atoms with Gasteiger partial charge in [0.05, 0.1) is 18.9 Å². The Labute approximate surface area is 178 Å². The number of hydrogen-bond acceptors (Lipinski definition) is 7. The highest BCUT2D eigenvalue weighted by Crippen LogP contribution is 2.21. The zero-order valence-electron chi connectivity index (χ0n) is 17.0. The number of carbonyl (C=O) groups is 6. The summed E-state index contributed by atoms with van der Waals surface area (Å²) in [6.45, 7) is 0.405. The van der Waals surface area contributed by atoms with Crippen LogP contribution in [0.5, 0.6) is 0 Å². The average molecular weight is 440 g/mol. The fourth-order valence-corrected chi connectivity index (χ4v) is 3.98. The van der Waals surface area contributed by atoms with Crippen LogP contribution in [0.1, 0.15) is 38.5 Å². The largest absolute Gasteiger partial charge is 0.480 e. The van der Waals surface area contributed by atoms with Crippen molar-refractivity contribution in [2.45, 2.75) is 62.7 Å². The van der Waals surface area contributed by atoms with Gasteiger partial charge >= 0.3 is 5.97 Å². The monoisotopic (exact) mass is 440 g/mol. The lowest BCUT2D eigenvalue weighted by atomic mass is 10.1. The van der Waals surface area contributed by atoms with Gasteiger partial charge in [0.2, 0.25) is 29.5 Å². The lowest BCUT2D eigenvalue weighted by Gasteiger charge is -2.30. The predicted molar refractivity (Wildman–Crippen MR) is 105 cm³/mol. The summed E-state index contributed by atoms with van der Waals surface area (Å²) < 4.78 is 0. The van der Waals surface area contributed by atoms with E-state index in [1.165, 1.54) is 4.90 Å². The average Bonchev–Trinajstić information content (AvgIpc) is 3.34. The molecule has 0 radical (unpaired) electrons. The number of carboxylic acid groups (broad SMARTS) is 1. The van der Waals surface area contributed by atoms with Gasteiger partial charge in [-0.2, -0.15) is 0 Å². The molecule has 0 saturated carbocycles. The van der Waals surface area contributed by atoms with Gasteiger partial charge in [0.25, 0.3) is 0 Å². The number of aliphatic carboxylic acids is 1. The first-order valence-corrected chi connectivity index (χ1v) is 9.99. The fraction of sp³-hybridized carbons (Fsp3) is 0.667. The number of primary amides is 2. The zero-order chi connectivity index (χ0) is 23.3. The smallest absolute Gasteiger partial charge is 0.326 e. The van der Waals surface area contributed by atoms with Gasteiger partial charge in [-0.05, 0) is 25.7 Å². The van der Waals surface area contributed by atoms with Crippen molar-refractivity contribution in [1.82, 2.24) is 15.1 Å². The standard InChI is InChI=1S/C18H28N6O7/c19-9(7-13(20)25)16(28)23-5-1-3-11(23)15(27)22-10(8-14(21)26)17(29)24-6-2-4-12(24)18(30)31/h9-12H,1-8,19H2,(H2,20,25)(H2,21,26)(H,22,27)(H,30,31). The second-order valence-corrected chi connectivity index (χ2v) is 7.73. The van der Waals surface area contributed by atoms with E-state index >= 15 is 0 Å². The van der Waals surface area contributed by atoms with Crippen LogP contribution in [0.3, 0.4) is 0 Å². The summed E-state index contributed by atoms with van der Waals surface area (Å²) in [7, 11) is 0. The highest BCUT2D eigenvalue weighted by molar-refractivity contribution is 5.97. The number of nitrogens with two attached hydrogens (primary N) is 3. The maximum absolute atomic E-state index is 12.9. The molecule has 2 fully saturated rings. The Morgan fingerprint density at radius 2 is 1.39 bits per heavy atom. The number of hydrogen-bond donors (Lipinski definition) is 5. The molecular formula is C18H28N6O7. The van der Waals surface area contributed by atoms with Crippen LogP contribution in [0.15, 0.2) is 0 Å². The Morgan fingerprint density at radius 3 is 1.90 bits per heavy atom. The van der Waals surface area contributed by atoms with Crippen molar-refractivity contribution < 1.29 is 33.9 Å². The highest BCUT2D eigenvalue weighted by Gasteiger charge is 2.41. The van der Waals surface area contributed by atoms with Crippen molar-refractivity contribution in [2.24, 2.45) is 17.2 Å². The number of likely N-dealkylation sites (tertiary alicyclic amines) is 2. The van der Waals surface area contributed by atoms with Crippen molar-refractivity contribution in [1.29, 1.82) is 0 Å². The molecule has 172 valence electrons. The molecule has 4 atom stereocenters. The minimum Gasteiger partial charge on any atom is -0.480 e. The third-order valence-electron chi connectivity index (χ3n) is 5.42. The van der Waals surface area contributed by atoms with E-state index in [2.05, 4.69) is 5.32 Å². The molecule has 0 bridgehead atoms. The molecule has 2 aliphatic heterocycles. The molecule has 2 aliphatic rings. The van der Waals surface area contributed by atoms with Gasteiger partial charge in [0, 0.05) is 13.1 Å². The quantitative estimate of drug-likeness (QED) is 0.243. The van der Waals surface area contributed by atoms with Crippen molar-refractivity contribution in [2.75, 3.05) is 13.1 Å². The molecule has 0 spiro atoms. The van der Waals surface area contributed by atoms with Crippen molar-refractivity contribution in [3.05, 3.63) is 0 Å². The first-order valence-electron chi connectivity index (χ1n) is 9.99. The number of nitrogens with one attached hydrogen (secondary N) is 1. The lowest BCUT2D eigenvalue weighted by molar-refractivity contribution is -0.150. The highest BCUT2D eigenvalue weighted by atomic mass is 16.4. The van der Waals surface area contributed by atoms with Gasteiger partial charge in [-0.25, -0.2) is 4.79 Å². The van der Waals surface area contributed by atoms with E-state index in [0.717, 1.165) is 4.90 Å². The van der Waals surface area contributed by atoms with Crippen molar-refractivity contribution >= 4 is 35.5 Å². The van der Waals surface area contributed by atoms with E-state index in [-0.39, 0.29) is 25.9 Å².